The number of aromatic nitrogens is 2. The van der Waals surface area contributed by atoms with Gasteiger partial charge in [0.25, 0.3) is 5.22 Å². The highest BCUT2D eigenvalue weighted by molar-refractivity contribution is 7.98. The molecule has 4 rings (SSSR count). The number of benzene rings is 2. The van der Waals surface area contributed by atoms with Crippen LogP contribution in [-0.2, 0) is 15.8 Å². The average Bonchev–Trinajstić information content (AvgIpc) is 3.22. The molecule has 6 nitrogen and oxygen atoms in total. The summed E-state index contributed by atoms with van der Waals surface area (Å²) in [5.41, 5.74) is 1.47. The van der Waals surface area contributed by atoms with Crippen LogP contribution in [0.3, 0.4) is 0 Å². The van der Waals surface area contributed by atoms with Crippen LogP contribution in [0.1, 0.15) is 25.3 Å². The first-order chi connectivity index (χ1) is 14.4. The molecule has 1 aromatic heterocycles. The zero-order valence-corrected chi connectivity index (χ0v) is 18.1. The van der Waals surface area contributed by atoms with Crippen LogP contribution in [-0.4, -0.2) is 36.0 Å². The Balaban J connectivity index is 1.43. The van der Waals surface area contributed by atoms with Crippen LogP contribution in [0.4, 0.5) is 4.39 Å². The van der Waals surface area contributed by atoms with Gasteiger partial charge in [-0.1, -0.05) is 30.8 Å². The first-order valence-corrected chi connectivity index (χ1v) is 12.2. The molecule has 0 radical (unpaired) electrons. The van der Waals surface area contributed by atoms with Crippen molar-refractivity contribution in [3.63, 3.8) is 0 Å². The van der Waals surface area contributed by atoms with Crippen LogP contribution in [0, 0.1) is 11.7 Å². The largest absolute Gasteiger partial charge is 0.411 e. The van der Waals surface area contributed by atoms with Gasteiger partial charge in [-0.05, 0) is 60.7 Å². The third-order valence-electron chi connectivity index (χ3n) is 5.14. The molecule has 1 saturated heterocycles. The fourth-order valence-corrected chi connectivity index (χ4v) is 5.48. The summed E-state index contributed by atoms with van der Waals surface area (Å²) in [7, 11) is -3.49. The Bertz CT molecular complexity index is 1110. The fraction of sp³-hybridized carbons (Fsp3) is 0.333. The van der Waals surface area contributed by atoms with Crippen molar-refractivity contribution >= 4 is 21.8 Å². The summed E-state index contributed by atoms with van der Waals surface area (Å²) in [6.45, 7) is 3.26. The maximum atomic E-state index is 13.3. The third kappa shape index (κ3) is 4.74. The van der Waals surface area contributed by atoms with Gasteiger partial charge in [0.2, 0.25) is 15.9 Å². The van der Waals surface area contributed by atoms with E-state index in [4.69, 9.17) is 4.42 Å². The molecule has 0 atom stereocenters. The quantitative estimate of drug-likeness (QED) is 0.515. The number of halogens is 1. The van der Waals surface area contributed by atoms with Crippen molar-refractivity contribution in [3.8, 4) is 11.5 Å². The van der Waals surface area contributed by atoms with Gasteiger partial charge in [-0.3, -0.25) is 0 Å². The van der Waals surface area contributed by atoms with Crippen LogP contribution in [0.25, 0.3) is 11.5 Å². The third-order valence-corrected chi connectivity index (χ3v) is 7.94. The number of hydrogen-bond donors (Lipinski definition) is 0. The van der Waals surface area contributed by atoms with Gasteiger partial charge < -0.3 is 4.42 Å². The minimum Gasteiger partial charge on any atom is -0.411 e. The first kappa shape index (κ1) is 21.0. The highest BCUT2D eigenvalue weighted by Crippen LogP contribution is 2.28. The molecule has 0 aliphatic carbocycles. The van der Waals surface area contributed by atoms with Gasteiger partial charge in [0.15, 0.2) is 0 Å². The van der Waals surface area contributed by atoms with E-state index >= 15 is 0 Å². The number of piperidine rings is 1. The second kappa shape index (κ2) is 8.87. The lowest BCUT2D eigenvalue weighted by molar-refractivity contribution is 0.288. The second-order valence-electron chi connectivity index (χ2n) is 7.40. The fourth-order valence-electron chi connectivity index (χ4n) is 3.30. The summed E-state index contributed by atoms with van der Waals surface area (Å²) in [5, 5.41) is 8.41. The predicted molar refractivity (Wildman–Crippen MR) is 113 cm³/mol. The Hall–Kier alpha value is -2.23. The molecule has 1 aliphatic heterocycles. The van der Waals surface area contributed by atoms with E-state index in [9.17, 15) is 12.8 Å². The molecule has 158 valence electrons. The van der Waals surface area contributed by atoms with Crippen molar-refractivity contribution in [2.45, 2.75) is 35.6 Å². The standard InChI is InChI=1S/C21H22FN3O3S2/c1-15-9-11-25(12-10-15)30(26,27)19-7-5-17(6-8-19)20-23-24-21(28-20)29-14-16-3-2-4-18(22)13-16/h2-8,13,15H,9-12,14H2,1H3. The van der Waals surface area contributed by atoms with Gasteiger partial charge in [0, 0.05) is 24.4 Å². The monoisotopic (exact) mass is 447 g/mol. The number of hydrogen-bond acceptors (Lipinski definition) is 6. The van der Waals surface area contributed by atoms with Crippen LogP contribution in [0.2, 0.25) is 0 Å². The molecular formula is C21H22FN3O3S2. The lowest BCUT2D eigenvalue weighted by atomic mass is 10.0. The van der Waals surface area contributed by atoms with Crippen molar-refractivity contribution < 1.29 is 17.2 Å². The normalized spacial score (nSPS) is 16.1. The van der Waals surface area contributed by atoms with Gasteiger partial charge in [0.05, 0.1) is 4.90 Å². The van der Waals surface area contributed by atoms with Gasteiger partial charge in [-0.15, -0.1) is 10.2 Å². The van der Waals surface area contributed by atoms with Crippen molar-refractivity contribution in [3.05, 3.63) is 59.9 Å². The van der Waals surface area contributed by atoms with Crippen molar-refractivity contribution in [1.82, 2.24) is 14.5 Å². The zero-order chi connectivity index (χ0) is 21.1. The lowest BCUT2D eigenvalue weighted by Crippen LogP contribution is -2.37. The summed E-state index contributed by atoms with van der Waals surface area (Å²) < 4.78 is 46.1. The number of thioether (sulfide) groups is 1. The molecule has 1 fully saturated rings. The number of sulfonamides is 1. The molecule has 0 unspecified atom stereocenters. The SMILES string of the molecule is CC1CCN(S(=O)(=O)c2ccc(-c3nnc(SCc4cccc(F)c4)o3)cc2)CC1. The molecule has 3 aromatic rings. The Morgan fingerprint density at radius 1 is 1.13 bits per heavy atom. The van der Waals surface area contributed by atoms with E-state index in [1.165, 1.54) is 23.9 Å². The molecule has 0 bridgehead atoms. The maximum absolute atomic E-state index is 13.3. The van der Waals surface area contributed by atoms with Gasteiger partial charge in [-0.2, -0.15) is 4.31 Å². The molecule has 0 N–H and O–H groups in total. The zero-order valence-electron chi connectivity index (χ0n) is 16.5. The average molecular weight is 448 g/mol. The second-order valence-corrected chi connectivity index (χ2v) is 10.3. The van der Waals surface area contributed by atoms with E-state index in [1.807, 2.05) is 6.07 Å². The Labute approximate surface area is 179 Å². The highest BCUT2D eigenvalue weighted by Gasteiger charge is 2.28. The van der Waals surface area contributed by atoms with E-state index in [-0.39, 0.29) is 10.7 Å². The first-order valence-electron chi connectivity index (χ1n) is 9.73. The highest BCUT2D eigenvalue weighted by atomic mass is 32.2. The predicted octanol–water partition coefficient (Wildman–Crippen LogP) is 4.59. The smallest absolute Gasteiger partial charge is 0.277 e. The van der Waals surface area contributed by atoms with E-state index < -0.39 is 10.0 Å². The molecule has 0 saturated carbocycles. The topological polar surface area (TPSA) is 76.3 Å². The molecule has 9 heteroatoms. The molecule has 0 spiro atoms. The minimum absolute atomic E-state index is 0.265. The van der Waals surface area contributed by atoms with Crippen LogP contribution < -0.4 is 0 Å². The van der Waals surface area contributed by atoms with Gasteiger partial charge in [-0.25, -0.2) is 12.8 Å². The summed E-state index contributed by atoms with van der Waals surface area (Å²) in [6, 6.07) is 12.8. The molecular weight excluding hydrogens is 425 g/mol. The molecule has 30 heavy (non-hydrogen) atoms. The number of rotatable bonds is 6. The summed E-state index contributed by atoms with van der Waals surface area (Å²) in [4.78, 5) is 0.265. The van der Waals surface area contributed by atoms with Crippen LogP contribution >= 0.6 is 11.8 Å². The van der Waals surface area contributed by atoms with Crippen molar-refractivity contribution in [2.24, 2.45) is 5.92 Å². The maximum Gasteiger partial charge on any atom is 0.277 e. The number of nitrogens with zero attached hydrogens (tertiary/aromatic N) is 3. The van der Waals surface area contributed by atoms with E-state index in [2.05, 4.69) is 17.1 Å². The van der Waals surface area contributed by atoms with Crippen molar-refractivity contribution in [1.29, 1.82) is 0 Å². The van der Waals surface area contributed by atoms with Gasteiger partial charge >= 0.3 is 0 Å². The van der Waals surface area contributed by atoms with Crippen molar-refractivity contribution in [2.75, 3.05) is 13.1 Å². The summed E-state index contributed by atoms with van der Waals surface area (Å²) in [6.07, 6.45) is 1.77. The van der Waals surface area contributed by atoms with E-state index in [0.717, 1.165) is 18.4 Å². The Morgan fingerprint density at radius 3 is 2.57 bits per heavy atom. The van der Waals surface area contributed by atoms with Crippen LogP contribution in [0.15, 0.2) is 63.1 Å². The summed E-state index contributed by atoms with van der Waals surface area (Å²) >= 11 is 1.31. The molecule has 1 aliphatic rings. The Morgan fingerprint density at radius 2 is 1.87 bits per heavy atom. The molecule has 2 aromatic carbocycles. The lowest BCUT2D eigenvalue weighted by Gasteiger charge is -2.29. The molecule has 0 amide bonds. The van der Waals surface area contributed by atoms with Gasteiger partial charge in [0.1, 0.15) is 5.82 Å². The van der Waals surface area contributed by atoms with E-state index in [0.29, 0.717) is 41.4 Å². The summed E-state index contributed by atoms with van der Waals surface area (Å²) in [5.74, 6) is 1.09. The minimum atomic E-state index is -3.49. The molecule has 2 heterocycles. The van der Waals surface area contributed by atoms with Crippen LogP contribution in [0.5, 0.6) is 0 Å². The Kier molecular flexibility index (Phi) is 6.21. The van der Waals surface area contributed by atoms with E-state index in [1.54, 1.807) is 34.6 Å².